The van der Waals surface area contributed by atoms with E-state index < -0.39 is 0 Å². The number of alkyl halides is 1. The number of halogens is 1. The quantitative estimate of drug-likeness (QED) is 0.595. The summed E-state index contributed by atoms with van der Waals surface area (Å²) in [5.41, 5.74) is 0. The minimum atomic E-state index is 0.706. The molecule has 1 heterocycles. The van der Waals surface area contributed by atoms with Gasteiger partial charge in [-0.2, -0.15) is 0 Å². The van der Waals surface area contributed by atoms with Crippen molar-refractivity contribution in [3.63, 3.8) is 0 Å². The molecule has 0 amide bonds. The maximum Gasteiger partial charge on any atom is 0.0311 e. The lowest BCUT2D eigenvalue weighted by molar-refractivity contribution is 0.218. The first-order chi connectivity index (χ1) is 4.63. The second kappa shape index (κ2) is 3.22. The fraction of sp³-hybridized carbons (Fsp3) is 1.00. The van der Waals surface area contributed by atoms with Crippen LogP contribution in [0.4, 0.5) is 0 Å². The summed E-state index contributed by atoms with van der Waals surface area (Å²) in [6, 6.07) is 1.43. The average Bonchev–Trinajstić information content (AvgIpc) is 2.14. The van der Waals surface area contributed by atoms with Crippen molar-refractivity contribution in [3.05, 3.63) is 0 Å². The molecule has 1 fully saturated rings. The normalized spacial score (nSPS) is 35.7. The molecule has 1 aliphatic heterocycles. The van der Waals surface area contributed by atoms with Gasteiger partial charge >= 0.3 is 0 Å². The SMILES string of the molecule is CC(C)N1CC[C@@H](Br)[C@@H]1C. The van der Waals surface area contributed by atoms with Crippen molar-refractivity contribution < 1.29 is 0 Å². The van der Waals surface area contributed by atoms with Crippen molar-refractivity contribution >= 4 is 15.9 Å². The predicted octanol–water partition coefficient (Wildman–Crippen LogP) is 2.25. The smallest absolute Gasteiger partial charge is 0.0311 e. The van der Waals surface area contributed by atoms with Gasteiger partial charge in [0.1, 0.15) is 0 Å². The van der Waals surface area contributed by atoms with Gasteiger partial charge in [0, 0.05) is 16.9 Å². The highest BCUT2D eigenvalue weighted by molar-refractivity contribution is 9.09. The standard InChI is InChI=1S/C8H16BrN/c1-6(2)10-5-4-8(9)7(10)3/h6-8H,4-5H2,1-3H3/t7-,8+/m0/s1. The van der Waals surface area contributed by atoms with E-state index in [1.54, 1.807) is 0 Å². The molecular weight excluding hydrogens is 190 g/mol. The number of likely N-dealkylation sites (tertiary alicyclic amines) is 1. The number of hydrogen-bond donors (Lipinski definition) is 0. The van der Waals surface area contributed by atoms with Gasteiger partial charge in [0.15, 0.2) is 0 Å². The lowest BCUT2D eigenvalue weighted by atomic mass is 10.2. The van der Waals surface area contributed by atoms with E-state index in [1.807, 2.05) is 0 Å². The molecule has 10 heavy (non-hydrogen) atoms. The minimum Gasteiger partial charge on any atom is -0.297 e. The van der Waals surface area contributed by atoms with E-state index in [-0.39, 0.29) is 0 Å². The van der Waals surface area contributed by atoms with Crippen molar-refractivity contribution in [1.82, 2.24) is 4.90 Å². The van der Waals surface area contributed by atoms with Crippen molar-refractivity contribution in [2.75, 3.05) is 6.54 Å². The molecule has 1 saturated heterocycles. The fourth-order valence-electron chi connectivity index (χ4n) is 1.65. The first-order valence-corrected chi connectivity index (χ1v) is 4.94. The van der Waals surface area contributed by atoms with Crippen molar-refractivity contribution in [3.8, 4) is 0 Å². The van der Waals surface area contributed by atoms with Crippen molar-refractivity contribution in [1.29, 1.82) is 0 Å². The Balaban J connectivity index is 2.49. The Morgan fingerprint density at radius 2 is 2.10 bits per heavy atom. The van der Waals surface area contributed by atoms with Crippen LogP contribution in [0.2, 0.25) is 0 Å². The van der Waals surface area contributed by atoms with Gasteiger partial charge in [-0.15, -0.1) is 0 Å². The van der Waals surface area contributed by atoms with E-state index in [0.717, 1.165) is 10.9 Å². The molecule has 0 N–H and O–H groups in total. The molecule has 0 aromatic carbocycles. The van der Waals surface area contributed by atoms with Gasteiger partial charge in [0.2, 0.25) is 0 Å². The van der Waals surface area contributed by atoms with Gasteiger partial charge in [0.25, 0.3) is 0 Å². The molecule has 0 saturated carbocycles. The number of rotatable bonds is 1. The van der Waals surface area contributed by atoms with E-state index >= 15 is 0 Å². The zero-order valence-electron chi connectivity index (χ0n) is 6.97. The summed E-state index contributed by atoms with van der Waals surface area (Å²) in [5, 5.41) is 0. The van der Waals surface area contributed by atoms with Crippen LogP contribution in [-0.4, -0.2) is 28.4 Å². The highest BCUT2D eigenvalue weighted by Crippen LogP contribution is 2.25. The van der Waals surface area contributed by atoms with Gasteiger partial charge in [-0.3, -0.25) is 4.90 Å². The van der Waals surface area contributed by atoms with Crippen LogP contribution in [0.5, 0.6) is 0 Å². The van der Waals surface area contributed by atoms with Crippen LogP contribution in [0.1, 0.15) is 27.2 Å². The van der Waals surface area contributed by atoms with Crippen LogP contribution in [0.15, 0.2) is 0 Å². The molecule has 0 aliphatic carbocycles. The minimum absolute atomic E-state index is 0.706. The highest BCUT2D eigenvalue weighted by atomic mass is 79.9. The molecule has 1 rings (SSSR count). The van der Waals surface area contributed by atoms with E-state index in [9.17, 15) is 0 Å². The Bertz CT molecular complexity index is 114. The van der Waals surface area contributed by atoms with Crippen LogP contribution < -0.4 is 0 Å². The summed E-state index contributed by atoms with van der Waals surface area (Å²) < 4.78 is 0. The molecule has 0 aromatic rings. The molecule has 2 atom stereocenters. The molecular formula is C8H16BrN. The van der Waals surface area contributed by atoms with Crippen LogP contribution in [0.25, 0.3) is 0 Å². The Kier molecular flexibility index (Phi) is 2.75. The van der Waals surface area contributed by atoms with Crippen LogP contribution in [0, 0.1) is 0 Å². The molecule has 0 unspecified atom stereocenters. The molecule has 1 nitrogen and oxygen atoms in total. The zero-order chi connectivity index (χ0) is 7.72. The van der Waals surface area contributed by atoms with Gasteiger partial charge in [-0.05, 0) is 33.7 Å². The topological polar surface area (TPSA) is 3.24 Å². The van der Waals surface area contributed by atoms with Crippen molar-refractivity contribution in [2.45, 2.75) is 44.1 Å². The fourth-order valence-corrected chi connectivity index (χ4v) is 2.16. The van der Waals surface area contributed by atoms with Crippen LogP contribution in [0.3, 0.4) is 0 Å². The third kappa shape index (κ3) is 1.54. The van der Waals surface area contributed by atoms with Gasteiger partial charge < -0.3 is 0 Å². The predicted molar refractivity (Wildman–Crippen MR) is 48.6 cm³/mol. The molecule has 0 bridgehead atoms. The van der Waals surface area contributed by atoms with E-state index in [1.165, 1.54) is 13.0 Å². The molecule has 0 spiro atoms. The summed E-state index contributed by atoms with van der Waals surface area (Å²) in [7, 11) is 0. The molecule has 0 radical (unpaired) electrons. The monoisotopic (exact) mass is 205 g/mol. The maximum atomic E-state index is 3.67. The highest BCUT2D eigenvalue weighted by Gasteiger charge is 2.29. The lowest BCUT2D eigenvalue weighted by Gasteiger charge is -2.26. The number of nitrogens with zero attached hydrogens (tertiary/aromatic N) is 1. The Morgan fingerprint density at radius 3 is 2.30 bits per heavy atom. The summed E-state index contributed by atoms with van der Waals surface area (Å²) in [5.74, 6) is 0. The second-order valence-electron chi connectivity index (χ2n) is 3.38. The van der Waals surface area contributed by atoms with E-state index in [2.05, 4.69) is 41.6 Å². The lowest BCUT2D eigenvalue weighted by Crippen LogP contribution is -2.35. The summed E-state index contributed by atoms with van der Waals surface area (Å²) in [6.07, 6.45) is 1.30. The second-order valence-corrected chi connectivity index (χ2v) is 4.55. The van der Waals surface area contributed by atoms with Crippen LogP contribution in [-0.2, 0) is 0 Å². The first-order valence-electron chi connectivity index (χ1n) is 4.02. The van der Waals surface area contributed by atoms with Crippen molar-refractivity contribution in [2.24, 2.45) is 0 Å². The molecule has 2 heteroatoms. The van der Waals surface area contributed by atoms with Gasteiger partial charge in [-0.25, -0.2) is 0 Å². The maximum absolute atomic E-state index is 3.67. The van der Waals surface area contributed by atoms with Gasteiger partial charge in [-0.1, -0.05) is 15.9 Å². The molecule has 60 valence electrons. The summed E-state index contributed by atoms with van der Waals surface area (Å²) in [4.78, 5) is 3.26. The third-order valence-electron chi connectivity index (χ3n) is 2.37. The average molecular weight is 206 g/mol. The first kappa shape index (κ1) is 8.54. The zero-order valence-corrected chi connectivity index (χ0v) is 8.56. The Morgan fingerprint density at radius 1 is 1.50 bits per heavy atom. The third-order valence-corrected chi connectivity index (χ3v) is 3.60. The molecule has 0 aromatic heterocycles. The Labute approximate surface area is 71.9 Å². The van der Waals surface area contributed by atoms with E-state index in [4.69, 9.17) is 0 Å². The Hall–Kier alpha value is 0.440. The van der Waals surface area contributed by atoms with Crippen LogP contribution >= 0.6 is 15.9 Å². The van der Waals surface area contributed by atoms with E-state index in [0.29, 0.717) is 6.04 Å². The largest absolute Gasteiger partial charge is 0.297 e. The summed E-state index contributed by atoms with van der Waals surface area (Å²) >= 11 is 3.67. The molecule has 1 aliphatic rings. The van der Waals surface area contributed by atoms with Gasteiger partial charge in [0.05, 0.1) is 0 Å². The summed E-state index contributed by atoms with van der Waals surface area (Å²) in [6.45, 7) is 8.09. The number of hydrogen-bond acceptors (Lipinski definition) is 1.